The molecule has 7 heteroatoms. The topological polar surface area (TPSA) is 110 Å². The number of nitrogens with one attached hydrogen (secondary N) is 2. The highest BCUT2D eigenvalue weighted by molar-refractivity contribution is 5.63. The van der Waals surface area contributed by atoms with Gasteiger partial charge in [0.05, 0.1) is 11.1 Å². The van der Waals surface area contributed by atoms with Gasteiger partial charge in [-0.05, 0) is 18.6 Å². The fourth-order valence-corrected chi connectivity index (χ4v) is 1.59. The summed E-state index contributed by atoms with van der Waals surface area (Å²) < 4.78 is 0. The number of hydrogen-bond donors (Lipinski definition) is 3. The number of anilines is 2. The molecule has 0 atom stereocenters. The Morgan fingerprint density at radius 1 is 1.56 bits per heavy atom. The summed E-state index contributed by atoms with van der Waals surface area (Å²) in [6.07, 6.45) is 1.59. The van der Waals surface area contributed by atoms with Crippen LogP contribution in [0.25, 0.3) is 0 Å². The minimum atomic E-state index is -0.409. The lowest BCUT2D eigenvalue weighted by Crippen LogP contribution is -2.04. The molecule has 0 aliphatic heterocycles. The van der Waals surface area contributed by atoms with Gasteiger partial charge in [-0.3, -0.25) is 15.2 Å². The van der Waals surface area contributed by atoms with Crippen molar-refractivity contribution in [1.29, 1.82) is 0 Å². The van der Waals surface area contributed by atoms with Crippen molar-refractivity contribution in [3.63, 3.8) is 0 Å². The summed E-state index contributed by atoms with van der Waals surface area (Å²) in [4.78, 5) is 10.5. The van der Waals surface area contributed by atoms with Crippen LogP contribution in [0.5, 0.6) is 0 Å². The zero-order chi connectivity index (χ0) is 13.1. The molecule has 0 aliphatic carbocycles. The Kier molecular flexibility index (Phi) is 3.13. The molecule has 4 N–H and O–H groups in total. The van der Waals surface area contributed by atoms with E-state index in [1.165, 1.54) is 6.07 Å². The maximum absolute atomic E-state index is 10.9. The number of nitrogen functional groups attached to an aromatic ring is 1. The molecule has 0 unspecified atom stereocenters. The average molecular weight is 247 g/mol. The molecule has 0 saturated heterocycles. The SMILES string of the molecule is Cc1ccc(NCc2cn[nH]c2N)c([N+](=O)[O-])c1. The number of nitrogens with two attached hydrogens (primary N) is 1. The van der Waals surface area contributed by atoms with Crippen molar-refractivity contribution in [2.75, 3.05) is 11.1 Å². The third-order valence-electron chi connectivity index (χ3n) is 2.57. The number of aryl methyl sites for hydroxylation is 1. The minimum absolute atomic E-state index is 0.0528. The fraction of sp³-hybridized carbons (Fsp3) is 0.182. The summed E-state index contributed by atoms with van der Waals surface area (Å²) in [6, 6.07) is 5.03. The second-order valence-corrected chi connectivity index (χ2v) is 3.94. The Labute approximate surface area is 103 Å². The van der Waals surface area contributed by atoms with Gasteiger partial charge in [0.15, 0.2) is 0 Å². The standard InChI is InChI=1S/C11H13N5O2/c1-7-2-3-9(10(4-7)16(17)18)13-5-8-6-14-15-11(8)12/h2-4,6,13H,5H2,1H3,(H3,12,14,15). The predicted octanol–water partition coefficient (Wildman–Crippen LogP) is 1.82. The van der Waals surface area contributed by atoms with Gasteiger partial charge in [0.2, 0.25) is 0 Å². The van der Waals surface area contributed by atoms with Gasteiger partial charge in [0, 0.05) is 18.2 Å². The minimum Gasteiger partial charge on any atom is -0.384 e. The molecule has 1 aromatic carbocycles. The van der Waals surface area contributed by atoms with E-state index in [0.717, 1.165) is 11.1 Å². The number of nitrogens with zero attached hydrogens (tertiary/aromatic N) is 2. The van der Waals surface area contributed by atoms with Gasteiger partial charge in [-0.25, -0.2) is 0 Å². The van der Waals surface area contributed by atoms with Crippen LogP contribution in [0.2, 0.25) is 0 Å². The third kappa shape index (κ3) is 2.40. The van der Waals surface area contributed by atoms with Crippen LogP contribution >= 0.6 is 0 Å². The molecule has 0 radical (unpaired) electrons. The zero-order valence-corrected chi connectivity index (χ0v) is 9.80. The number of nitro groups is 1. The summed E-state index contributed by atoms with van der Waals surface area (Å²) in [5.41, 5.74) is 7.76. The summed E-state index contributed by atoms with van der Waals surface area (Å²) in [6.45, 7) is 2.19. The summed E-state index contributed by atoms with van der Waals surface area (Å²) in [7, 11) is 0. The first kappa shape index (κ1) is 11.9. The maximum Gasteiger partial charge on any atom is 0.292 e. The summed E-state index contributed by atoms with van der Waals surface area (Å²) in [5.74, 6) is 0.456. The molecule has 0 saturated carbocycles. The van der Waals surface area contributed by atoms with E-state index in [-0.39, 0.29) is 5.69 Å². The van der Waals surface area contributed by atoms with Crippen molar-refractivity contribution in [2.45, 2.75) is 13.5 Å². The molecule has 0 aliphatic rings. The van der Waals surface area contributed by atoms with E-state index in [9.17, 15) is 10.1 Å². The Morgan fingerprint density at radius 2 is 2.33 bits per heavy atom. The van der Waals surface area contributed by atoms with Crippen molar-refractivity contribution in [1.82, 2.24) is 10.2 Å². The number of aromatic nitrogens is 2. The molecule has 0 amide bonds. The van der Waals surface area contributed by atoms with Crippen LogP contribution in [-0.4, -0.2) is 15.1 Å². The molecule has 1 aromatic heterocycles. The Morgan fingerprint density at radius 3 is 2.94 bits per heavy atom. The second kappa shape index (κ2) is 4.74. The van der Waals surface area contributed by atoms with E-state index >= 15 is 0 Å². The summed E-state index contributed by atoms with van der Waals surface area (Å²) >= 11 is 0. The lowest BCUT2D eigenvalue weighted by atomic mass is 10.2. The molecule has 18 heavy (non-hydrogen) atoms. The lowest BCUT2D eigenvalue weighted by Gasteiger charge is -2.07. The molecular weight excluding hydrogens is 234 g/mol. The van der Waals surface area contributed by atoms with Gasteiger partial charge < -0.3 is 11.1 Å². The number of benzene rings is 1. The fourth-order valence-electron chi connectivity index (χ4n) is 1.59. The number of rotatable bonds is 4. The molecule has 2 aromatic rings. The second-order valence-electron chi connectivity index (χ2n) is 3.94. The van der Waals surface area contributed by atoms with E-state index in [2.05, 4.69) is 15.5 Å². The monoisotopic (exact) mass is 247 g/mol. The quantitative estimate of drug-likeness (QED) is 0.563. The highest BCUT2D eigenvalue weighted by Crippen LogP contribution is 2.26. The molecule has 0 bridgehead atoms. The van der Waals surface area contributed by atoms with Crippen LogP contribution in [0.1, 0.15) is 11.1 Å². The Bertz CT molecular complexity index is 579. The van der Waals surface area contributed by atoms with Gasteiger partial charge in [-0.15, -0.1) is 0 Å². The highest BCUT2D eigenvalue weighted by atomic mass is 16.6. The van der Waals surface area contributed by atoms with Gasteiger partial charge in [0.25, 0.3) is 5.69 Å². The van der Waals surface area contributed by atoms with Gasteiger partial charge in [-0.2, -0.15) is 5.10 Å². The van der Waals surface area contributed by atoms with Gasteiger partial charge in [0.1, 0.15) is 11.5 Å². The summed E-state index contributed by atoms with van der Waals surface area (Å²) in [5, 5.41) is 20.3. The van der Waals surface area contributed by atoms with Crippen LogP contribution in [0, 0.1) is 17.0 Å². The van der Waals surface area contributed by atoms with Crippen molar-refractivity contribution >= 4 is 17.2 Å². The number of aromatic amines is 1. The molecule has 1 heterocycles. The number of hydrogen-bond acceptors (Lipinski definition) is 5. The van der Waals surface area contributed by atoms with Crippen LogP contribution in [0.15, 0.2) is 24.4 Å². The van der Waals surface area contributed by atoms with Gasteiger partial charge >= 0.3 is 0 Å². The molecule has 0 spiro atoms. The lowest BCUT2D eigenvalue weighted by molar-refractivity contribution is -0.384. The number of nitro benzene ring substituents is 1. The normalized spacial score (nSPS) is 10.3. The van der Waals surface area contributed by atoms with E-state index in [0.29, 0.717) is 18.1 Å². The smallest absolute Gasteiger partial charge is 0.292 e. The first-order chi connectivity index (χ1) is 8.58. The first-order valence-electron chi connectivity index (χ1n) is 5.34. The van der Waals surface area contributed by atoms with Crippen molar-refractivity contribution < 1.29 is 4.92 Å². The molecule has 7 nitrogen and oxygen atoms in total. The third-order valence-corrected chi connectivity index (χ3v) is 2.57. The Hall–Kier alpha value is -2.57. The number of H-pyrrole nitrogens is 1. The molecule has 94 valence electrons. The van der Waals surface area contributed by atoms with Crippen molar-refractivity contribution in [3.05, 3.63) is 45.6 Å². The molecular formula is C11H13N5O2. The average Bonchev–Trinajstić information content (AvgIpc) is 2.73. The molecule has 0 fully saturated rings. The van der Waals surface area contributed by atoms with E-state index in [1.54, 1.807) is 12.3 Å². The maximum atomic E-state index is 10.9. The zero-order valence-electron chi connectivity index (χ0n) is 9.80. The van der Waals surface area contributed by atoms with Crippen molar-refractivity contribution in [3.8, 4) is 0 Å². The van der Waals surface area contributed by atoms with E-state index in [1.807, 2.05) is 13.0 Å². The van der Waals surface area contributed by atoms with Crippen LogP contribution in [0.4, 0.5) is 17.2 Å². The van der Waals surface area contributed by atoms with E-state index < -0.39 is 4.92 Å². The Balaban J connectivity index is 2.19. The van der Waals surface area contributed by atoms with Crippen LogP contribution < -0.4 is 11.1 Å². The predicted molar refractivity (Wildman–Crippen MR) is 68.2 cm³/mol. The van der Waals surface area contributed by atoms with Crippen LogP contribution in [0.3, 0.4) is 0 Å². The van der Waals surface area contributed by atoms with E-state index in [4.69, 9.17) is 5.73 Å². The van der Waals surface area contributed by atoms with Crippen LogP contribution in [-0.2, 0) is 6.54 Å². The first-order valence-corrected chi connectivity index (χ1v) is 5.34. The largest absolute Gasteiger partial charge is 0.384 e. The van der Waals surface area contributed by atoms with Crippen molar-refractivity contribution in [2.24, 2.45) is 0 Å². The highest BCUT2D eigenvalue weighted by Gasteiger charge is 2.13. The molecule has 2 rings (SSSR count). The van der Waals surface area contributed by atoms with Gasteiger partial charge in [-0.1, -0.05) is 6.07 Å².